The second-order valence-corrected chi connectivity index (χ2v) is 10.0. The quantitative estimate of drug-likeness (QED) is 0.558. The smallest absolute Gasteiger partial charge is 0.372 e. The number of nitrogens with zero attached hydrogens (tertiary/aromatic N) is 2. The summed E-state index contributed by atoms with van der Waals surface area (Å²) in [5, 5.41) is 13.7. The molecule has 0 unspecified atom stereocenters. The average Bonchev–Trinajstić information content (AvgIpc) is 2.87. The Bertz CT molecular complexity index is 1120. The topological polar surface area (TPSA) is 65.4 Å². The van der Waals surface area contributed by atoms with Crippen molar-refractivity contribution in [2.24, 2.45) is 0 Å². The SMILES string of the molecule is Cc1cc([C@@H](C)OC[C@@]2(c3ccccc3)CC[C@](C#N)(N3CCCCC3=O)CN2)cc(C(F)(F)F)c1. The average molecular weight is 500 g/mol. The lowest BCUT2D eigenvalue weighted by Gasteiger charge is -2.49. The molecule has 0 aromatic heterocycles. The summed E-state index contributed by atoms with van der Waals surface area (Å²) < 4.78 is 46.3. The summed E-state index contributed by atoms with van der Waals surface area (Å²) in [6.07, 6.45) is -1.78. The summed E-state index contributed by atoms with van der Waals surface area (Å²) in [6.45, 7) is 4.48. The van der Waals surface area contributed by atoms with E-state index >= 15 is 0 Å². The molecule has 3 atom stereocenters. The molecule has 0 spiro atoms. The molecule has 0 saturated carbocycles. The van der Waals surface area contributed by atoms with Crippen molar-refractivity contribution in [3.8, 4) is 6.07 Å². The number of carbonyl (C=O) groups excluding carboxylic acids is 1. The number of nitrogens with one attached hydrogen (secondary N) is 1. The van der Waals surface area contributed by atoms with Gasteiger partial charge >= 0.3 is 6.18 Å². The molecule has 1 N–H and O–H groups in total. The monoisotopic (exact) mass is 499 g/mol. The molecule has 8 heteroatoms. The standard InChI is InChI=1S/C28H32F3N3O2/c1-20-14-22(16-24(15-20)28(29,30)31)21(2)36-19-27(23-8-4-3-5-9-23)12-11-26(17-32,18-33-27)34-13-7-6-10-25(34)35/h3-5,8-9,14-16,21,33H,6-7,10-13,18-19H2,1-2H3/t21-,26-,27-/m1/s1. The van der Waals surface area contributed by atoms with Gasteiger partial charge in [-0.05, 0) is 62.8 Å². The van der Waals surface area contributed by atoms with Crippen molar-refractivity contribution < 1.29 is 22.7 Å². The fraction of sp³-hybridized carbons (Fsp3) is 0.500. The lowest BCUT2D eigenvalue weighted by Crippen LogP contribution is -2.65. The molecule has 192 valence electrons. The van der Waals surface area contributed by atoms with Crippen LogP contribution >= 0.6 is 0 Å². The van der Waals surface area contributed by atoms with Gasteiger partial charge in [-0.2, -0.15) is 18.4 Å². The summed E-state index contributed by atoms with van der Waals surface area (Å²) in [5.41, 5.74) is -0.272. The lowest BCUT2D eigenvalue weighted by molar-refractivity contribution is -0.140. The molecule has 0 aliphatic carbocycles. The number of carbonyl (C=O) groups is 1. The molecule has 4 rings (SSSR count). The Morgan fingerprint density at radius 1 is 1.17 bits per heavy atom. The number of benzene rings is 2. The van der Waals surface area contributed by atoms with E-state index in [0.29, 0.717) is 43.5 Å². The first-order valence-corrected chi connectivity index (χ1v) is 12.4. The van der Waals surface area contributed by atoms with Gasteiger partial charge in [0.25, 0.3) is 0 Å². The van der Waals surface area contributed by atoms with Crippen molar-refractivity contribution in [1.29, 1.82) is 5.26 Å². The summed E-state index contributed by atoms with van der Waals surface area (Å²) >= 11 is 0. The van der Waals surface area contributed by atoms with E-state index in [2.05, 4.69) is 11.4 Å². The van der Waals surface area contributed by atoms with Crippen LogP contribution in [0.15, 0.2) is 48.5 Å². The van der Waals surface area contributed by atoms with Crippen LogP contribution < -0.4 is 5.32 Å². The normalized spacial score (nSPS) is 25.9. The Hall–Kier alpha value is -2.89. The predicted molar refractivity (Wildman–Crippen MR) is 130 cm³/mol. The molecule has 2 heterocycles. The van der Waals surface area contributed by atoms with Crippen LogP contribution in [0.2, 0.25) is 0 Å². The van der Waals surface area contributed by atoms with Gasteiger partial charge in [-0.3, -0.25) is 4.79 Å². The van der Waals surface area contributed by atoms with E-state index in [0.717, 1.165) is 30.5 Å². The van der Waals surface area contributed by atoms with Crippen LogP contribution in [0, 0.1) is 18.3 Å². The van der Waals surface area contributed by atoms with E-state index in [4.69, 9.17) is 4.74 Å². The van der Waals surface area contributed by atoms with Crippen molar-refractivity contribution in [2.75, 3.05) is 19.7 Å². The third-order valence-electron chi connectivity index (χ3n) is 7.54. The van der Waals surface area contributed by atoms with Gasteiger partial charge in [-0.15, -0.1) is 0 Å². The summed E-state index contributed by atoms with van der Waals surface area (Å²) in [7, 11) is 0. The van der Waals surface area contributed by atoms with Gasteiger partial charge in [0.05, 0.1) is 29.9 Å². The number of alkyl halides is 3. The molecule has 5 nitrogen and oxygen atoms in total. The summed E-state index contributed by atoms with van der Waals surface area (Å²) in [6, 6.07) is 16.2. The van der Waals surface area contributed by atoms with Crippen molar-refractivity contribution in [2.45, 2.75) is 69.3 Å². The van der Waals surface area contributed by atoms with Gasteiger partial charge in [-0.1, -0.05) is 42.0 Å². The number of halogens is 3. The Labute approximate surface area is 210 Å². The van der Waals surface area contributed by atoms with Gasteiger partial charge < -0.3 is 15.0 Å². The number of ether oxygens (including phenoxy) is 1. The number of piperidine rings is 2. The summed E-state index contributed by atoms with van der Waals surface area (Å²) in [4.78, 5) is 14.4. The Balaban J connectivity index is 1.56. The summed E-state index contributed by atoms with van der Waals surface area (Å²) in [5.74, 6) is 0.0154. The highest BCUT2D eigenvalue weighted by Crippen LogP contribution is 2.39. The van der Waals surface area contributed by atoms with Crippen molar-refractivity contribution in [3.63, 3.8) is 0 Å². The number of rotatable bonds is 6. The van der Waals surface area contributed by atoms with Gasteiger partial charge in [0, 0.05) is 19.5 Å². The number of hydrogen-bond donors (Lipinski definition) is 1. The zero-order valence-electron chi connectivity index (χ0n) is 20.7. The Morgan fingerprint density at radius 3 is 2.53 bits per heavy atom. The number of hydrogen-bond acceptors (Lipinski definition) is 4. The Kier molecular flexibility index (Phi) is 7.44. The van der Waals surface area contributed by atoms with Crippen molar-refractivity contribution in [3.05, 3.63) is 70.8 Å². The molecular formula is C28H32F3N3O2. The van der Waals surface area contributed by atoms with Crippen molar-refractivity contribution >= 4 is 5.91 Å². The predicted octanol–water partition coefficient (Wildman–Crippen LogP) is 5.65. The van der Waals surface area contributed by atoms with Crippen LogP contribution in [0.3, 0.4) is 0 Å². The number of likely N-dealkylation sites (tertiary alicyclic amines) is 1. The van der Waals surface area contributed by atoms with Crippen LogP contribution in [0.4, 0.5) is 13.2 Å². The second kappa shape index (κ2) is 10.2. The first-order chi connectivity index (χ1) is 17.1. The maximum absolute atomic E-state index is 13.4. The van der Waals surface area contributed by atoms with E-state index in [-0.39, 0.29) is 12.5 Å². The van der Waals surface area contributed by atoms with E-state index in [1.807, 2.05) is 30.3 Å². The van der Waals surface area contributed by atoms with E-state index in [9.17, 15) is 23.2 Å². The third-order valence-corrected chi connectivity index (χ3v) is 7.54. The van der Waals surface area contributed by atoms with Gasteiger partial charge in [0.15, 0.2) is 0 Å². The van der Waals surface area contributed by atoms with Crippen LogP contribution in [0.5, 0.6) is 0 Å². The van der Waals surface area contributed by atoms with Gasteiger partial charge in [0.2, 0.25) is 5.91 Å². The minimum atomic E-state index is -4.43. The molecule has 2 aliphatic rings. The van der Waals surface area contributed by atoms with E-state index in [1.54, 1.807) is 24.8 Å². The molecule has 0 bridgehead atoms. The number of amides is 1. The zero-order valence-corrected chi connectivity index (χ0v) is 20.7. The van der Waals surface area contributed by atoms with Crippen LogP contribution in [-0.4, -0.2) is 36.0 Å². The molecule has 1 amide bonds. The zero-order chi connectivity index (χ0) is 26.0. The fourth-order valence-corrected chi connectivity index (χ4v) is 5.34. The number of aryl methyl sites for hydroxylation is 1. The molecule has 2 aliphatic heterocycles. The highest BCUT2D eigenvalue weighted by atomic mass is 19.4. The van der Waals surface area contributed by atoms with Crippen molar-refractivity contribution in [1.82, 2.24) is 10.2 Å². The first-order valence-electron chi connectivity index (χ1n) is 12.4. The Morgan fingerprint density at radius 2 is 1.92 bits per heavy atom. The van der Waals surface area contributed by atoms with Gasteiger partial charge in [-0.25, -0.2) is 0 Å². The number of nitriles is 1. The third kappa shape index (κ3) is 5.28. The maximum Gasteiger partial charge on any atom is 0.416 e. The highest BCUT2D eigenvalue weighted by molar-refractivity contribution is 5.78. The van der Waals surface area contributed by atoms with Gasteiger partial charge in [0.1, 0.15) is 5.54 Å². The molecule has 36 heavy (non-hydrogen) atoms. The second-order valence-electron chi connectivity index (χ2n) is 10.0. The lowest BCUT2D eigenvalue weighted by atomic mass is 9.75. The minimum Gasteiger partial charge on any atom is -0.372 e. The highest BCUT2D eigenvalue weighted by Gasteiger charge is 2.49. The van der Waals surface area contributed by atoms with E-state index in [1.165, 1.54) is 0 Å². The van der Waals surface area contributed by atoms with Crippen LogP contribution in [-0.2, 0) is 21.2 Å². The molecular weight excluding hydrogens is 467 g/mol. The minimum absolute atomic E-state index is 0.0154. The largest absolute Gasteiger partial charge is 0.416 e. The fourth-order valence-electron chi connectivity index (χ4n) is 5.34. The first kappa shape index (κ1) is 26.2. The molecule has 2 aromatic rings. The molecule has 2 fully saturated rings. The molecule has 0 radical (unpaired) electrons. The van der Waals surface area contributed by atoms with Crippen LogP contribution in [0.1, 0.15) is 67.4 Å². The van der Waals surface area contributed by atoms with Crippen LogP contribution in [0.25, 0.3) is 0 Å². The molecule has 2 aromatic carbocycles. The maximum atomic E-state index is 13.4. The van der Waals surface area contributed by atoms with E-state index < -0.39 is 28.9 Å². The molecule has 2 saturated heterocycles.